The Balaban J connectivity index is 2.46. The number of methoxy groups -OCH3 is 1. The van der Waals surface area contributed by atoms with Gasteiger partial charge in [0.15, 0.2) is 0 Å². The Morgan fingerprint density at radius 2 is 1.80 bits per heavy atom. The van der Waals surface area contributed by atoms with Crippen molar-refractivity contribution < 1.29 is 4.74 Å². The first kappa shape index (κ1) is 15.5. The molecule has 0 radical (unpaired) electrons. The lowest BCUT2D eigenvalue weighted by atomic mass is 9.97. The molecule has 0 spiro atoms. The summed E-state index contributed by atoms with van der Waals surface area (Å²) in [7, 11) is 3.64. The molecular weight excluding hydrogens is 382 g/mol. The summed E-state index contributed by atoms with van der Waals surface area (Å²) >= 11 is 7.19. The number of halogens is 2. The molecule has 2 nitrogen and oxygen atoms in total. The maximum atomic E-state index is 5.29. The SMILES string of the molecule is CNC(c1ccc(OC)c(Br)c1)c1cc(C)ccc1Br. The van der Waals surface area contributed by atoms with Crippen LogP contribution in [0.5, 0.6) is 5.75 Å². The fourth-order valence-corrected chi connectivity index (χ4v) is 3.28. The van der Waals surface area contributed by atoms with E-state index in [2.05, 4.69) is 74.4 Å². The zero-order valence-corrected chi connectivity index (χ0v) is 14.9. The van der Waals surface area contributed by atoms with Crippen molar-refractivity contribution in [2.45, 2.75) is 13.0 Å². The van der Waals surface area contributed by atoms with Crippen molar-refractivity contribution >= 4 is 31.9 Å². The third kappa shape index (κ3) is 3.25. The molecule has 2 aromatic carbocycles. The van der Waals surface area contributed by atoms with E-state index in [0.717, 1.165) is 14.7 Å². The van der Waals surface area contributed by atoms with Gasteiger partial charge in [-0.05, 0) is 59.2 Å². The summed E-state index contributed by atoms with van der Waals surface area (Å²) < 4.78 is 7.35. The second-order valence-corrected chi connectivity index (χ2v) is 6.35. The van der Waals surface area contributed by atoms with E-state index in [-0.39, 0.29) is 6.04 Å². The highest BCUT2D eigenvalue weighted by atomic mass is 79.9. The van der Waals surface area contributed by atoms with Gasteiger partial charge in [0.05, 0.1) is 17.6 Å². The first-order chi connectivity index (χ1) is 9.56. The van der Waals surface area contributed by atoms with Crippen molar-refractivity contribution in [3.05, 3.63) is 62.0 Å². The van der Waals surface area contributed by atoms with Gasteiger partial charge in [-0.25, -0.2) is 0 Å². The van der Waals surface area contributed by atoms with Gasteiger partial charge in [-0.15, -0.1) is 0 Å². The predicted molar refractivity (Wildman–Crippen MR) is 90.5 cm³/mol. The molecule has 0 saturated carbocycles. The van der Waals surface area contributed by atoms with E-state index in [4.69, 9.17) is 4.74 Å². The lowest BCUT2D eigenvalue weighted by Crippen LogP contribution is -2.18. The molecule has 0 aliphatic carbocycles. The van der Waals surface area contributed by atoms with Crippen molar-refractivity contribution in [3.63, 3.8) is 0 Å². The van der Waals surface area contributed by atoms with Crippen LogP contribution in [0, 0.1) is 6.92 Å². The third-order valence-electron chi connectivity index (χ3n) is 3.26. The molecule has 20 heavy (non-hydrogen) atoms. The molecule has 0 saturated heterocycles. The predicted octanol–water partition coefficient (Wildman–Crippen LogP) is 4.84. The van der Waals surface area contributed by atoms with Crippen molar-refractivity contribution in [2.24, 2.45) is 0 Å². The molecule has 0 aliphatic heterocycles. The molecule has 0 amide bonds. The van der Waals surface area contributed by atoms with Gasteiger partial charge in [0.1, 0.15) is 5.75 Å². The lowest BCUT2D eigenvalue weighted by molar-refractivity contribution is 0.412. The average Bonchev–Trinajstić information content (AvgIpc) is 2.44. The average molecular weight is 399 g/mol. The standard InChI is InChI=1S/C16H17Br2NO/c1-10-4-6-13(17)12(8-10)16(19-2)11-5-7-15(20-3)14(18)9-11/h4-9,16,19H,1-3H3. The molecule has 0 fully saturated rings. The van der Waals surface area contributed by atoms with E-state index >= 15 is 0 Å². The number of rotatable bonds is 4. The van der Waals surface area contributed by atoms with Gasteiger partial charge in [0, 0.05) is 4.47 Å². The fraction of sp³-hybridized carbons (Fsp3) is 0.250. The smallest absolute Gasteiger partial charge is 0.133 e. The van der Waals surface area contributed by atoms with Gasteiger partial charge in [0.25, 0.3) is 0 Å². The molecule has 1 unspecified atom stereocenters. The topological polar surface area (TPSA) is 21.3 Å². The molecule has 0 aromatic heterocycles. The van der Waals surface area contributed by atoms with Crippen LogP contribution >= 0.6 is 31.9 Å². The molecule has 0 bridgehead atoms. The Morgan fingerprint density at radius 3 is 2.40 bits per heavy atom. The minimum absolute atomic E-state index is 0.131. The Hall–Kier alpha value is -0.840. The molecule has 4 heteroatoms. The number of ether oxygens (including phenoxy) is 1. The van der Waals surface area contributed by atoms with E-state index in [0.29, 0.717) is 0 Å². The van der Waals surface area contributed by atoms with Gasteiger partial charge in [-0.2, -0.15) is 0 Å². The van der Waals surface area contributed by atoms with Gasteiger partial charge < -0.3 is 10.1 Å². The molecule has 2 aromatic rings. The van der Waals surface area contributed by atoms with Crippen molar-refractivity contribution in [1.29, 1.82) is 0 Å². The highest BCUT2D eigenvalue weighted by Gasteiger charge is 2.16. The fourth-order valence-electron chi connectivity index (χ4n) is 2.25. The molecule has 106 valence electrons. The van der Waals surface area contributed by atoms with Crippen LogP contribution in [0.1, 0.15) is 22.7 Å². The summed E-state index contributed by atoms with van der Waals surface area (Å²) in [6.07, 6.45) is 0. The maximum absolute atomic E-state index is 5.29. The Morgan fingerprint density at radius 1 is 1.05 bits per heavy atom. The van der Waals surface area contributed by atoms with Crippen LogP contribution in [0.2, 0.25) is 0 Å². The van der Waals surface area contributed by atoms with Gasteiger partial charge >= 0.3 is 0 Å². The van der Waals surface area contributed by atoms with E-state index in [1.807, 2.05) is 13.1 Å². The highest BCUT2D eigenvalue weighted by Crippen LogP contribution is 2.33. The highest BCUT2D eigenvalue weighted by molar-refractivity contribution is 9.10. The molecule has 2 rings (SSSR count). The zero-order valence-electron chi connectivity index (χ0n) is 11.7. The maximum Gasteiger partial charge on any atom is 0.133 e. The van der Waals surface area contributed by atoms with E-state index in [1.54, 1.807) is 7.11 Å². The molecule has 1 atom stereocenters. The van der Waals surface area contributed by atoms with Crippen LogP contribution in [0.4, 0.5) is 0 Å². The lowest BCUT2D eigenvalue weighted by Gasteiger charge is -2.20. The Labute approximate surface area is 136 Å². The van der Waals surface area contributed by atoms with Crippen LogP contribution in [0.3, 0.4) is 0 Å². The monoisotopic (exact) mass is 397 g/mol. The number of hydrogen-bond donors (Lipinski definition) is 1. The second kappa shape index (κ2) is 6.74. The molecular formula is C16H17Br2NO. The number of aryl methyl sites for hydroxylation is 1. The minimum Gasteiger partial charge on any atom is -0.496 e. The van der Waals surface area contributed by atoms with Gasteiger partial charge in [-0.1, -0.05) is 39.7 Å². The van der Waals surface area contributed by atoms with E-state index in [9.17, 15) is 0 Å². The summed E-state index contributed by atoms with van der Waals surface area (Å²) in [6.45, 7) is 2.10. The Bertz CT molecular complexity index is 613. The van der Waals surface area contributed by atoms with Crippen LogP contribution in [-0.4, -0.2) is 14.2 Å². The quantitative estimate of drug-likeness (QED) is 0.795. The second-order valence-electron chi connectivity index (χ2n) is 4.64. The summed E-state index contributed by atoms with van der Waals surface area (Å²) in [4.78, 5) is 0. The van der Waals surface area contributed by atoms with Crippen LogP contribution in [0.15, 0.2) is 45.3 Å². The first-order valence-electron chi connectivity index (χ1n) is 6.33. The number of hydrogen-bond acceptors (Lipinski definition) is 2. The summed E-state index contributed by atoms with van der Waals surface area (Å²) in [5, 5.41) is 3.38. The molecule has 1 N–H and O–H groups in total. The summed E-state index contributed by atoms with van der Waals surface area (Å²) in [5.41, 5.74) is 3.66. The van der Waals surface area contributed by atoms with Gasteiger partial charge in [-0.3, -0.25) is 0 Å². The number of benzene rings is 2. The van der Waals surface area contributed by atoms with Crippen molar-refractivity contribution in [2.75, 3.05) is 14.2 Å². The summed E-state index contributed by atoms with van der Waals surface area (Å²) in [6, 6.07) is 12.7. The molecule has 0 aliphatic rings. The van der Waals surface area contributed by atoms with E-state index in [1.165, 1.54) is 16.7 Å². The van der Waals surface area contributed by atoms with E-state index < -0.39 is 0 Å². The Kier molecular flexibility index (Phi) is 5.24. The van der Waals surface area contributed by atoms with Gasteiger partial charge in [0.2, 0.25) is 0 Å². The van der Waals surface area contributed by atoms with Crippen molar-refractivity contribution in [1.82, 2.24) is 5.32 Å². The third-order valence-corrected chi connectivity index (χ3v) is 4.60. The van der Waals surface area contributed by atoms with Crippen molar-refractivity contribution in [3.8, 4) is 5.75 Å². The van der Waals surface area contributed by atoms with Crippen LogP contribution < -0.4 is 10.1 Å². The normalized spacial score (nSPS) is 12.2. The number of nitrogens with one attached hydrogen (secondary N) is 1. The summed E-state index contributed by atoms with van der Waals surface area (Å²) in [5.74, 6) is 0.840. The first-order valence-corrected chi connectivity index (χ1v) is 7.92. The van der Waals surface area contributed by atoms with Crippen LogP contribution in [-0.2, 0) is 0 Å². The van der Waals surface area contributed by atoms with Crippen LogP contribution in [0.25, 0.3) is 0 Å². The molecule has 0 heterocycles. The minimum atomic E-state index is 0.131. The zero-order chi connectivity index (χ0) is 14.7. The largest absolute Gasteiger partial charge is 0.496 e.